The second-order valence-electron chi connectivity index (χ2n) is 11.6. The van der Waals surface area contributed by atoms with Crippen LogP contribution in [0.2, 0.25) is 0 Å². The van der Waals surface area contributed by atoms with E-state index in [1.54, 1.807) is 24.3 Å². The third kappa shape index (κ3) is 6.74. The van der Waals surface area contributed by atoms with E-state index < -0.39 is 23.5 Å². The van der Waals surface area contributed by atoms with Gasteiger partial charge in [-0.15, -0.1) is 0 Å². The van der Waals surface area contributed by atoms with Gasteiger partial charge in [0.15, 0.2) is 5.75 Å². The Kier molecular flexibility index (Phi) is 8.78. The van der Waals surface area contributed by atoms with Gasteiger partial charge in [0.2, 0.25) is 11.8 Å². The van der Waals surface area contributed by atoms with Gasteiger partial charge in [0, 0.05) is 22.1 Å². The van der Waals surface area contributed by atoms with Crippen LogP contribution in [0.5, 0.6) is 11.6 Å². The first-order chi connectivity index (χ1) is 22.0. The lowest BCUT2D eigenvalue weighted by Gasteiger charge is -2.34. The van der Waals surface area contributed by atoms with Gasteiger partial charge < -0.3 is 14.4 Å². The number of aromatic nitrogens is 4. The van der Waals surface area contributed by atoms with Gasteiger partial charge in [-0.1, -0.05) is 24.3 Å². The minimum atomic E-state index is -4.43. The monoisotopic (exact) mass is 650 g/mol. The zero-order valence-electron chi connectivity index (χ0n) is 25.6. The number of hydrogen-bond donors (Lipinski definition) is 1. The summed E-state index contributed by atoms with van der Waals surface area (Å²) in [5.41, 5.74) is 1.91. The van der Waals surface area contributed by atoms with Crippen molar-refractivity contribution in [2.45, 2.75) is 63.7 Å². The minimum absolute atomic E-state index is 0.0149. The van der Waals surface area contributed by atoms with Crippen LogP contribution < -0.4 is 14.2 Å². The molecule has 2 aromatic heterocycles. The van der Waals surface area contributed by atoms with E-state index in [9.17, 15) is 18.0 Å². The zero-order valence-corrected chi connectivity index (χ0v) is 26.4. The SMILES string of the molecule is CCOc1cnc(CN2C(=O)c3cccc(c3)SNc3nc(cc(-c4c(C)cccc4C)n3)OC[C@H]2CC2(C(F)(F)F)CC2)nc1. The van der Waals surface area contributed by atoms with Crippen LogP contribution in [-0.2, 0) is 6.54 Å². The van der Waals surface area contributed by atoms with Crippen LogP contribution in [0.15, 0.2) is 65.8 Å². The lowest BCUT2D eigenvalue weighted by atomic mass is 9.94. The highest BCUT2D eigenvalue weighted by atomic mass is 32.2. The number of amides is 1. The van der Waals surface area contributed by atoms with Crippen molar-refractivity contribution in [1.29, 1.82) is 0 Å². The Morgan fingerprint density at radius 3 is 2.46 bits per heavy atom. The van der Waals surface area contributed by atoms with Crippen molar-refractivity contribution in [1.82, 2.24) is 24.8 Å². The Hall–Kier alpha value is -4.39. The Bertz CT molecular complexity index is 1710. The quantitative estimate of drug-likeness (QED) is 0.208. The highest BCUT2D eigenvalue weighted by Crippen LogP contribution is 2.61. The Morgan fingerprint density at radius 1 is 1.07 bits per heavy atom. The van der Waals surface area contributed by atoms with E-state index in [-0.39, 0.29) is 50.1 Å². The van der Waals surface area contributed by atoms with E-state index in [2.05, 4.69) is 19.7 Å². The number of anilines is 1. The average molecular weight is 651 g/mol. The summed E-state index contributed by atoms with van der Waals surface area (Å²) in [6.07, 6.45) is -1.83. The van der Waals surface area contributed by atoms with Gasteiger partial charge in [0.1, 0.15) is 12.4 Å². The van der Waals surface area contributed by atoms with Crippen LogP contribution in [0, 0.1) is 19.3 Å². The molecule has 1 aliphatic carbocycles. The summed E-state index contributed by atoms with van der Waals surface area (Å²) in [4.78, 5) is 34.3. The van der Waals surface area contributed by atoms with Gasteiger partial charge in [-0.2, -0.15) is 18.2 Å². The van der Waals surface area contributed by atoms with Gasteiger partial charge in [0.25, 0.3) is 5.91 Å². The first-order valence-corrected chi connectivity index (χ1v) is 15.8. The molecule has 2 aromatic carbocycles. The molecule has 1 amide bonds. The standard InChI is InChI=1S/C33H33F3N6O3S/c1-4-44-24-16-37-27(38-17-24)18-42-23(15-32(11-12-32)33(34,35)36)19-45-28-14-26(29-20(2)7-5-8-21(29)3)39-31(40-28)41-46-25-10-6-9-22(13-25)30(42)43/h5-10,13-14,16-17,23H,4,11-12,15,18-19H2,1-3H3,(H,39,40,41)/t23-/m1/s1. The largest absolute Gasteiger partial charge is 0.491 e. The van der Waals surface area contributed by atoms with Crippen molar-refractivity contribution in [2.75, 3.05) is 17.9 Å². The number of rotatable bonds is 7. The normalized spacial score (nSPS) is 17.6. The molecular weight excluding hydrogens is 617 g/mol. The predicted molar refractivity (Wildman–Crippen MR) is 168 cm³/mol. The summed E-state index contributed by atoms with van der Waals surface area (Å²) < 4.78 is 57.9. The molecule has 6 rings (SSSR count). The molecule has 13 heteroatoms. The summed E-state index contributed by atoms with van der Waals surface area (Å²) in [7, 11) is 0. The van der Waals surface area contributed by atoms with Crippen LogP contribution >= 0.6 is 11.9 Å². The van der Waals surface area contributed by atoms with Crippen molar-refractivity contribution >= 4 is 23.8 Å². The first-order valence-electron chi connectivity index (χ1n) is 15.0. The molecule has 9 nitrogen and oxygen atoms in total. The number of benzene rings is 2. The molecule has 0 spiro atoms. The number of nitrogens with zero attached hydrogens (tertiary/aromatic N) is 5. The molecule has 1 saturated carbocycles. The Labute approximate surface area is 269 Å². The second kappa shape index (κ2) is 12.8. The van der Waals surface area contributed by atoms with Crippen LogP contribution in [0.1, 0.15) is 53.5 Å². The molecule has 0 unspecified atom stereocenters. The average Bonchev–Trinajstić information content (AvgIpc) is 3.83. The Balaban J connectivity index is 1.44. The van der Waals surface area contributed by atoms with Crippen LogP contribution in [0.3, 0.4) is 0 Å². The smallest absolute Gasteiger partial charge is 0.394 e. The van der Waals surface area contributed by atoms with Crippen LogP contribution in [-0.4, -0.2) is 56.2 Å². The predicted octanol–water partition coefficient (Wildman–Crippen LogP) is 7.20. The number of nitrogens with one attached hydrogen (secondary N) is 1. The summed E-state index contributed by atoms with van der Waals surface area (Å²) in [6, 6.07) is 13.5. The number of ether oxygens (including phenoxy) is 2. The van der Waals surface area contributed by atoms with Gasteiger partial charge in [0.05, 0.1) is 42.7 Å². The number of carbonyl (C=O) groups excluding carboxylic acids is 1. The second-order valence-corrected chi connectivity index (χ2v) is 12.4. The molecular formula is C33H33F3N6O3S. The number of alkyl halides is 3. The topological polar surface area (TPSA) is 102 Å². The fraction of sp³-hybridized carbons (Fsp3) is 0.364. The molecule has 4 aromatic rings. The van der Waals surface area contributed by atoms with E-state index in [1.807, 2.05) is 45.0 Å². The maximum absolute atomic E-state index is 14.4. The van der Waals surface area contributed by atoms with Crippen molar-refractivity contribution in [3.05, 3.63) is 83.4 Å². The summed E-state index contributed by atoms with van der Waals surface area (Å²) in [5, 5.41) is 0. The number of carbonyl (C=O) groups is 1. The molecule has 1 aliphatic heterocycles. The molecule has 240 valence electrons. The highest BCUT2D eigenvalue weighted by molar-refractivity contribution is 8.00. The van der Waals surface area contributed by atoms with Gasteiger partial charge in [-0.05, 0) is 81.3 Å². The van der Waals surface area contributed by atoms with E-state index in [1.165, 1.54) is 29.2 Å². The Morgan fingerprint density at radius 2 is 1.78 bits per heavy atom. The lowest BCUT2D eigenvalue weighted by molar-refractivity contribution is -0.192. The number of fused-ring (bicyclic) bond motifs is 4. The van der Waals surface area contributed by atoms with E-state index in [0.29, 0.717) is 28.5 Å². The van der Waals surface area contributed by atoms with E-state index in [4.69, 9.17) is 14.5 Å². The van der Waals surface area contributed by atoms with Crippen molar-refractivity contribution in [3.8, 4) is 22.9 Å². The fourth-order valence-corrected chi connectivity index (χ4v) is 6.32. The van der Waals surface area contributed by atoms with Crippen molar-refractivity contribution in [3.63, 3.8) is 0 Å². The summed E-state index contributed by atoms with van der Waals surface area (Å²) in [5.74, 6) is 0.694. The summed E-state index contributed by atoms with van der Waals surface area (Å²) >= 11 is 1.21. The molecule has 0 radical (unpaired) electrons. The molecule has 1 fully saturated rings. The molecule has 1 N–H and O–H groups in total. The lowest BCUT2D eigenvalue weighted by Crippen LogP contribution is -2.46. The van der Waals surface area contributed by atoms with Gasteiger partial charge in [-0.3, -0.25) is 9.52 Å². The van der Waals surface area contributed by atoms with Gasteiger partial charge >= 0.3 is 6.18 Å². The molecule has 0 saturated heterocycles. The number of hydrogen-bond acceptors (Lipinski definition) is 9. The zero-order chi connectivity index (χ0) is 32.5. The summed E-state index contributed by atoms with van der Waals surface area (Å²) in [6.45, 7) is 5.84. The van der Waals surface area contributed by atoms with Crippen LogP contribution in [0.4, 0.5) is 19.1 Å². The maximum Gasteiger partial charge on any atom is 0.394 e. The van der Waals surface area contributed by atoms with E-state index >= 15 is 0 Å². The molecule has 1 atom stereocenters. The highest BCUT2D eigenvalue weighted by Gasteiger charge is 2.64. The van der Waals surface area contributed by atoms with Crippen molar-refractivity contribution < 1.29 is 27.4 Å². The maximum atomic E-state index is 14.4. The van der Waals surface area contributed by atoms with Crippen LogP contribution in [0.25, 0.3) is 11.3 Å². The number of halogens is 3. The molecule has 2 aliphatic rings. The fourth-order valence-electron chi connectivity index (χ4n) is 5.68. The molecule has 3 heterocycles. The van der Waals surface area contributed by atoms with Crippen molar-refractivity contribution in [2.24, 2.45) is 5.41 Å². The third-order valence-electron chi connectivity index (χ3n) is 8.29. The van der Waals surface area contributed by atoms with E-state index in [0.717, 1.165) is 16.7 Å². The minimum Gasteiger partial charge on any atom is -0.491 e. The number of aryl methyl sites for hydroxylation is 2. The molecule has 46 heavy (non-hydrogen) atoms. The molecule has 4 bridgehead atoms. The first kappa shape index (κ1) is 31.6. The van der Waals surface area contributed by atoms with Gasteiger partial charge in [-0.25, -0.2) is 15.0 Å². The third-order valence-corrected chi connectivity index (χ3v) is 9.07.